The van der Waals surface area contributed by atoms with Gasteiger partial charge < -0.3 is 5.32 Å². The summed E-state index contributed by atoms with van der Waals surface area (Å²) in [6.07, 6.45) is 0.530. The first-order valence-corrected chi connectivity index (χ1v) is 8.98. The van der Waals surface area contributed by atoms with Crippen molar-refractivity contribution in [1.82, 2.24) is 5.32 Å². The Morgan fingerprint density at radius 1 is 1.45 bits per heavy atom. The molecule has 108 valence electrons. The van der Waals surface area contributed by atoms with E-state index in [1.54, 1.807) is 0 Å². The number of hydrogen-bond donors (Lipinski definition) is 2. The number of benzene rings is 1. The Hall–Kier alpha value is -0.920. The molecule has 1 aromatic carbocycles. The van der Waals surface area contributed by atoms with Crippen LogP contribution in [-0.4, -0.2) is 31.4 Å². The lowest BCUT2D eigenvalue weighted by molar-refractivity contribution is -0.118. The SMILES string of the molecule is CC1(NC2C(=O)Nc3ccc(Br)cc32)CCS(=O)(=O)C1. The van der Waals surface area contributed by atoms with Gasteiger partial charge in [0.15, 0.2) is 9.84 Å². The fraction of sp³-hybridized carbons (Fsp3) is 0.462. The van der Waals surface area contributed by atoms with E-state index in [0.29, 0.717) is 6.42 Å². The topological polar surface area (TPSA) is 75.3 Å². The highest BCUT2D eigenvalue weighted by Crippen LogP contribution is 2.36. The zero-order chi connectivity index (χ0) is 14.5. The number of rotatable bonds is 2. The number of carbonyl (C=O) groups is 1. The number of sulfone groups is 1. The van der Waals surface area contributed by atoms with Crippen molar-refractivity contribution < 1.29 is 13.2 Å². The summed E-state index contributed by atoms with van der Waals surface area (Å²) in [5, 5.41) is 6.05. The van der Waals surface area contributed by atoms with Gasteiger partial charge in [0.05, 0.1) is 11.5 Å². The molecule has 0 saturated carbocycles. The van der Waals surface area contributed by atoms with Crippen molar-refractivity contribution in [3.8, 4) is 0 Å². The van der Waals surface area contributed by atoms with Crippen LogP contribution in [0.1, 0.15) is 24.9 Å². The first kappa shape index (κ1) is 14.0. The van der Waals surface area contributed by atoms with E-state index in [4.69, 9.17) is 0 Å². The zero-order valence-electron chi connectivity index (χ0n) is 10.9. The molecule has 0 bridgehead atoms. The molecule has 5 nitrogen and oxygen atoms in total. The number of anilines is 1. The average molecular weight is 359 g/mol. The molecule has 2 heterocycles. The lowest BCUT2D eigenvalue weighted by atomic mass is 9.98. The van der Waals surface area contributed by atoms with Gasteiger partial charge in [-0.05, 0) is 31.5 Å². The summed E-state index contributed by atoms with van der Waals surface area (Å²) in [7, 11) is -3.00. The Kier molecular flexibility index (Phi) is 3.19. The van der Waals surface area contributed by atoms with Crippen LogP contribution in [0.25, 0.3) is 0 Å². The van der Waals surface area contributed by atoms with Gasteiger partial charge in [-0.3, -0.25) is 10.1 Å². The van der Waals surface area contributed by atoms with Crippen LogP contribution in [-0.2, 0) is 14.6 Å². The maximum absolute atomic E-state index is 12.1. The van der Waals surface area contributed by atoms with Crippen LogP contribution >= 0.6 is 15.9 Å². The van der Waals surface area contributed by atoms with Gasteiger partial charge in [0.1, 0.15) is 6.04 Å². The molecule has 7 heteroatoms. The summed E-state index contributed by atoms with van der Waals surface area (Å²) in [6, 6.07) is 5.09. The van der Waals surface area contributed by atoms with E-state index in [-0.39, 0.29) is 17.4 Å². The van der Waals surface area contributed by atoms with E-state index in [0.717, 1.165) is 15.7 Å². The van der Waals surface area contributed by atoms with Gasteiger partial charge >= 0.3 is 0 Å². The van der Waals surface area contributed by atoms with Crippen molar-refractivity contribution >= 4 is 37.4 Å². The molecule has 0 aromatic heterocycles. The van der Waals surface area contributed by atoms with Crippen LogP contribution in [0.2, 0.25) is 0 Å². The summed E-state index contributed by atoms with van der Waals surface area (Å²) in [6.45, 7) is 1.86. The molecule has 2 atom stereocenters. The van der Waals surface area contributed by atoms with Crippen molar-refractivity contribution in [3.05, 3.63) is 28.2 Å². The molecular formula is C13H15BrN2O3S. The summed E-state index contributed by atoms with van der Waals surface area (Å²) in [5.74, 6) is 0.118. The molecule has 2 N–H and O–H groups in total. The van der Waals surface area contributed by atoms with E-state index in [2.05, 4.69) is 26.6 Å². The average Bonchev–Trinajstić information content (AvgIpc) is 2.78. The van der Waals surface area contributed by atoms with E-state index >= 15 is 0 Å². The van der Waals surface area contributed by atoms with Crippen LogP contribution in [0.4, 0.5) is 5.69 Å². The van der Waals surface area contributed by atoms with Gasteiger partial charge in [-0.2, -0.15) is 0 Å². The summed E-state index contributed by atoms with van der Waals surface area (Å²) in [5.41, 5.74) is 1.08. The molecule has 1 aromatic rings. The number of fused-ring (bicyclic) bond motifs is 1. The fourth-order valence-corrected chi connectivity index (χ4v) is 5.33. The predicted octanol–water partition coefficient (Wildman–Crippen LogP) is 1.61. The Morgan fingerprint density at radius 3 is 2.85 bits per heavy atom. The number of halogens is 1. The number of hydrogen-bond acceptors (Lipinski definition) is 4. The maximum Gasteiger partial charge on any atom is 0.246 e. The van der Waals surface area contributed by atoms with Gasteiger partial charge in [-0.1, -0.05) is 15.9 Å². The lowest BCUT2D eigenvalue weighted by Crippen LogP contribution is -2.47. The normalized spacial score (nSPS) is 31.1. The third-order valence-corrected chi connectivity index (χ3v) is 6.24. The molecule has 1 fully saturated rings. The largest absolute Gasteiger partial charge is 0.324 e. The monoisotopic (exact) mass is 358 g/mol. The second-order valence-electron chi connectivity index (χ2n) is 5.70. The Morgan fingerprint density at radius 2 is 2.20 bits per heavy atom. The molecule has 0 spiro atoms. The van der Waals surface area contributed by atoms with Gasteiger partial charge in [0.2, 0.25) is 5.91 Å². The van der Waals surface area contributed by atoms with E-state index in [9.17, 15) is 13.2 Å². The minimum atomic E-state index is -3.00. The van der Waals surface area contributed by atoms with E-state index in [1.165, 1.54) is 0 Å². The van der Waals surface area contributed by atoms with Gasteiger partial charge in [-0.25, -0.2) is 8.42 Å². The van der Waals surface area contributed by atoms with Crippen LogP contribution < -0.4 is 10.6 Å². The van der Waals surface area contributed by atoms with Crippen LogP contribution in [0.5, 0.6) is 0 Å². The summed E-state index contributed by atoms with van der Waals surface area (Å²) >= 11 is 3.39. The van der Waals surface area contributed by atoms with Gasteiger partial charge in [0.25, 0.3) is 0 Å². The highest BCUT2D eigenvalue weighted by molar-refractivity contribution is 9.10. The van der Waals surface area contributed by atoms with Crippen molar-refractivity contribution in [2.75, 3.05) is 16.8 Å². The Labute approximate surface area is 126 Å². The highest BCUT2D eigenvalue weighted by atomic mass is 79.9. The molecule has 1 saturated heterocycles. The Balaban J connectivity index is 1.89. The highest BCUT2D eigenvalue weighted by Gasteiger charge is 2.43. The van der Waals surface area contributed by atoms with Crippen molar-refractivity contribution in [1.29, 1.82) is 0 Å². The summed E-state index contributed by atoms with van der Waals surface area (Å²) < 4.78 is 24.2. The first-order chi connectivity index (χ1) is 9.28. The molecular weight excluding hydrogens is 344 g/mol. The predicted molar refractivity (Wildman–Crippen MR) is 80.3 cm³/mol. The fourth-order valence-electron chi connectivity index (χ4n) is 2.85. The van der Waals surface area contributed by atoms with Crippen LogP contribution in [0, 0.1) is 0 Å². The number of carbonyl (C=O) groups excluding carboxylic acids is 1. The second-order valence-corrected chi connectivity index (χ2v) is 8.80. The van der Waals surface area contributed by atoms with Crippen LogP contribution in [0.15, 0.2) is 22.7 Å². The third-order valence-electron chi connectivity index (χ3n) is 3.84. The smallest absolute Gasteiger partial charge is 0.246 e. The van der Waals surface area contributed by atoms with E-state index < -0.39 is 21.4 Å². The minimum absolute atomic E-state index is 0.0765. The second kappa shape index (κ2) is 4.54. The first-order valence-electron chi connectivity index (χ1n) is 6.36. The summed E-state index contributed by atoms with van der Waals surface area (Å²) in [4.78, 5) is 12.1. The van der Waals surface area contributed by atoms with Gasteiger partial charge in [0, 0.05) is 21.3 Å². The van der Waals surface area contributed by atoms with Gasteiger partial charge in [-0.15, -0.1) is 0 Å². The quantitative estimate of drug-likeness (QED) is 0.841. The lowest BCUT2D eigenvalue weighted by Gasteiger charge is -2.27. The van der Waals surface area contributed by atoms with Crippen molar-refractivity contribution in [3.63, 3.8) is 0 Å². The molecule has 0 radical (unpaired) electrons. The molecule has 2 aliphatic rings. The molecule has 2 aliphatic heterocycles. The third kappa shape index (κ3) is 2.49. The van der Waals surface area contributed by atoms with Crippen molar-refractivity contribution in [2.24, 2.45) is 0 Å². The minimum Gasteiger partial charge on any atom is -0.324 e. The molecule has 2 unspecified atom stereocenters. The molecule has 0 aliphatic carbocycles. The Bertz CT molecular complexity index is 689. The maximum atomic E-state index is 12.1. The number of amides is 1. The van der Waals surface area contributed by atoms with E-state index in [1.807, 2.05) is 25.1 Å². The molecule has 20 heavy (non-hydrogen) atoms. The molecule has 3 rings (SSSR count). The van der Waals surface area contributed by atoms with Crippen molar-refractivity contribution in [2.45, 2.75) is 24.9 Å². The standard InChI is InChI=1S/C13H15BrN2O3S/c1-13(4-5-20(18,19)7-13)16-11-9-6-8(14)2-3-10(9)15-12(11)17/h2-3,6,11,16H,4-5,7H2,1H3,(H,15,17). The van der Waals surface area contributed by atoms with Crippen LogP contribution in [0.3, 0.4) is 0 Å². The zero-order valence-corrected chi connectivity index (χ0v) is 13.3. The molecule has 1 amide bonds. The number of nitrogens with one attached hydrogen (secondary N) is 2.